The minimum atomic E-state index is 0.0338. The molecule has 0 radical (unpaired) electrons. The van der Waals surface area contributed by atoms with Crippen LogP contribution in [-0.4, -0.2) is 12.5 Å². The van der Waals surface area contributed by atoms with Gasteiger partial charge < -0.3 is 10.6 Å². The fourth-order valence-electron chi connectivity index (χ4n) is 2.64. The number of anilines is 2. The van der Waals surface area contributed by atoms with Gasteiger partial charge in [-0.3, -0.25) is 4.79 Å². The lowest BCUT2D eigenvalue weighted by molar-refractivity contribution is -0.115. The monoisotopic (exact) mass is 310 g/mol. The van der Waals surface area contributed by atoms with Crippen LogP contribution in [0.15, 0.2) is 42.5 Å². The predicted molar refractivity (Wildman–Crippen MR) is 98.2 cm³/mol. The number of rotatable bonds is 6. The molecule has 0 saturated carbocycles. The molecule has 0 aromatic heterocycles. The van der Waals surface area contributed by atoms with Crippen LogP contribution in [0.1, 0.15) is 42.9 Å². The van der Waals surface area contributed by atoms with E-state index < -0.39 is 0 Å². The van der Waals surface area contributed by atoms with Crippen LogP contribution in [-0.2, 0) is 4.79 Å². The molecule has 0 spiro atoms. The number of benzene rings is 2. The number of aryl methyl sites for hydroxylation is 2. The molecule has 0 fully saturated rings. The van der Waals surface area contributed by atoms with Crippen molar-refractivity contribution in [3.8, 4) is 0 Å². The van der Waals surface area contributed by atoms with Gasteiger partial charge in [0.2, 0.25) is 5.91 Å². The van der Waals surface area contributed by atoms with Crippen molar-refractivity contribution >= 4 is 17.3 Å². The van der Waals surface area contributed by atoms with Crippen LogP contribution >= 0.6 is 0 Å². The number of para-hydroxylation sites is 1. The molecular weight excluding hydrogens is 284 g/mol. The van der Waals surface area contributed by atoms with E-state index in [0.29, 0.717) is 18.9 Å². The van der Waals surface area contributed by atoms with E-state index in [1.54, 1.807) is 0 Å². The Kier molecular flexibility index (Phi) is 5.80. The lowest BCUT2D eigenvalue weighted by Gasteiger charge is -2.14. The topological polar surface area (TPSA) is 41.1 Å². The first-order valence-electron chi connectivity index (χ1n) is 8.17. The van der Waals surface area contributed by atoms with Crippen LogP contribution in [0.4, 0.5) is 11.4 Å². The van der Waals surface area contributed by atoms with Crippen LogP contribution in [0.2, 0.25) is 0 Å². The van der Waals surface area contributed by atoms with E-state index in [-0.39, 0.29) is 5.91 Å². The highest BCUT2D eigenvalue weighted by molar-refractivity contribution is 5.91. The molecule has 2 aromatic rings. The lowest BCUT2D eigenvalue weighted by Crippen LogP contribution is -2.17. The van der Waals surface area contributed by atoms with Gasteiger partial charge >= 0.3 is 0 Å². The third-order valence-electron chi connectivity index (χ3n) is 3.91. The first-order valence-corrected chi connectivity index (χ1v) is 8.17. The summed E-state index contributed by atoms with van der Waals surface area (Å²) in [6.07, 6.45) is 0.444. The SMILES string of the molecule is Cc1ccc(NC(=O)CCNc2ccccc2C(C)C)c(C)c1. The molecule has 0 atom stereocenters. The second-order valence-electron chi connectivity index (χ2n) is 6.29. The average molecular weight is 310 g/mol. The summed E-state index contributed by atoms with van der Waals surface area (Å²) in [6.45, 7) is 9.04. The van der Waals surface area contributed by atoms with Gasteiger partial charge in [-0.25, -0.2) is 0 Å². The van der Waals surface area contributed by atoms with Crippen LogP contribution in [0.5, 0.6) is 0 Å². The van der Waals surface area contributed by atoms with Gasteiger partial charge in [-0.1, -0.05) is 49.7 Å². The molecule has 3 heteroatoms. The molecule has 2 rings (SSSR count). The summed E-state index contributed by atoms with van der Waals surface area (Å²) in [5, 5.41) is 6.36. The Morgan fingerprint density at radius 2 is 1.78 bits per heavy atom. The maximum Gasteiger partial charge on any atom is 0.226 e. The Morgan fingerprint density at radius 1 is 1.04 bits per heavy atom. The van der Waals surface area contributed by atoms with Crippen molar-refractivity contribution in [2.45, 2.75) is 40.0 Å². The Morgan fingerprint density at radius 3 is 2.48 bits per heavy atom. The highest BCUT2D eigenvalue weighted by atomic mass is 16.1. The van der Waals surface area contributed by atoms with E-state index in [9.17, 15) is 4.79 Å². The fourth-order valence-corrected chi connectivity index (χ4v) is 2.64. The van der Waals surface area contributed by atoms with Crippen molar-refractivity contribution in [2.75, 3.05) is 17.2 Å². The normalized spacial score (nSPS) is 10.7. The van der Waals surface area contributed by atoms with Crippen LogP contribution in [0, 0.1) is 13.8 Å². The van der Waals surface area contributed by atoms with E-state index in [1.807, 2.05) is 31.2 Å². The molecule has 122 valence electrons. The summed E-state index contributed by atoms with van der Waals surface area (Å²) in [6, 6.07) is 14.3. The first kappa shape index (κ1) is 17.1. The minimum Gasteiger partial charge on any atom is -0.384 e. The predicted octanol–water partition coefficient (Wildman–Crippen LogP) is 4.87. The summed E-state index contributed by atoms with van der Waals surface area (Å²) in [4.78, 5) is 12.1. The van der Waals surface area contributed by atoms with Gasteiger partial charge in [0.05, 0.1) is 0 Å². The van der Waals surface area contributed by atoms with E-state index in [4.69, 9.17) is 0 Å². The molecule has 3 nitrogen and oxygen atoms in total. The van der Waals surface area contributed by atoms with Gasteiger partial charge in [-0.2, -0.15) is 0 Å². The second-order valence-corrected chi connectivity index (χ2v) is 6.29. The van der Waals surface area contributed by atoms with E-state index >= 15 is 0 Å². The highest BCUT2D eigenvalue weighted by Crippen LogP contribution is 2.23. The molecule has 0 unspecified atom stereocenters. The number of carbonyl (C=O) groups excluding carboxylic acids is 1. The number of hydrogen-bond acceptors (Lipinski definition) is 2. The van der Waals surface area contributed by atoms with Crippen molar-refractivity contribution in [1.29, 1.82) is 0 Å². The second kappa shape index (κ2) is 7.82. The van der Waals surface area contributed by atoms with Gasteiger partial charge in [0.15, 0.2) is 0 Å². The van der Waals surface area contributed by atoms with E-state index in [0.717, 1.165) is 16.9 Å². The maximum absolute atomic E-state index is 12.1. The summed E-state index contributed by atoms with van der Waals surface area (Å²) >= 11 is 0. The molecule has 0 aliphatic carbocycles. The molecular formula is C20H26N2O. The molecule has 1 amide bonds. The van der Waals surface area contributed by atoms with Gasteiger partial charge in [-0.15, -0.1) is 0 Å². The van der Waals surface area contributed by atoms with Crippen LogP contribution in [0.3, 0.4) is 0 Å². The molecule has 23 heavy (non-hydrogen) atoms. The molecule has 2 aromatic carbocycles. The summed E-state index contributed by atoms with van der Waals surface area (Å²) < 4.78 is 0. The van der Waals surface area contributed by atoms with E-state index in [2.05, 4.69) is 49.6 Å². The number of nitrogens with one attached hydrogen (secondary N) is 2. The van der Waals surface area contributed by atoms with Crippen molar-refractivity contribution < 1.29 is 4.79 Å². The molecule has 0 bridgehead atoms. The first-order chi connectivity index (χ1) is 11.0. The van der Waals surface area contributed by atoms with E-state index in [1.165, 1.54) is 11.1 Å². The lowest BCUT2D eigenvalue weighted by atomic mass is 10.0. The molecule has 0 aliphatic heterocycles. The van der Waals surface area contributed by atoms with Gasteiger partial charge in [0.1, 0.15) is 0 Å². The smallest absolute Gasteiger partial charge is 0.226 e. The Labute approximate surface area is 139 Å². The average Bonchev–Trinajstić information content (AvgIpc) is 2.50. The Hall–Kier alpha value is -2.29. The van der Waals surface area contributed by atoms with Crippen molar-refractivity contribution in [2.24, 2.45) is 0 Å². The van der Waals surface area contributed by atoms with Crippen molar-refractivity contribution in [1.82, 2.24) is 0 Å². The third kappa shape index (κ3) is 4.85. The van der Waals surface area contributed by atoms with Gasteiger partial charge in [0, 0.05) is 24.3 Å². The maximum atomic E-state index is 12.1. The van der Waals surface area contributed by atoms with Gasteiger partial charge in [-0.05, 0) is 43.0 Å². The summed E-state index contributed by atoms with van der Waals surface area (Å²) in [5.74, 6) is 0.495. The quantitative estimate of drug-likeness (QED) is 0.799. The summed E-state index contributed by atoms with van der Waals surface area (Å²) in [5.41, 5.74) is 5.58. The number of amides is 1. The molecule has 0 heterocycles. The van der Waals surface area contributed by atoms with Crippen molar-refractivity contribution in [3.63, 3.8) is 0 Å². The van der Waals surface area contributed by atoms with Crippen molar-refractivity contribution in [3.05, 3.63) is 59.2 Å². The molecule has 2 N–H and O–H groups in total. The zero-order valence-electron chi connectivity index (χ0n) is 14.4. The standard InChI is InChI=1S/C20H26N2O/c1-14(2)17-7-5-6-8-19(17)21-12-11-20(23)22-18-10-9-15(3)13-16(18)4/h5-10,13-14,21H,11-12H2,1-4H3,(H,22,23). The van der Waals surface area contributed by atoms with Crippen LogP contribution in [0.25, 0.3) is 0 Å². The molecule has 0 saturated heterocycles. The Bertz CT molecular complexity index is 677. The van der Waals surface area contributed by atoms with Crippen LogP contribution < -0.4 is 10.6 Å². The number of carbonyl (C=O) groups is 1. The third-order valence-corrected chi connectivity index (χ3v) is 3.91. The minimum absolute atomic E-state index is 0.0338. The summed E-state index contributed by atoms with van der Waals surface area (Å²) in [7, 11) is 0. The zero-order valence-corrected chi connectivity index (χ0v) is 14.4. The highest BCUT2D eigenvalue weighted by Gasteiger charge is 2.07. The largest absolute Gasteiger partial charge is 0.384 e. The number of hydrogen-bond donors (Lipinski definition) is 2. The zero-order chi connectivity index (χ0) is 16.8. The fraction of sp³-hybridized carbons (Fsp3) is 0.350. The van der Waals surface area contributed by atoms with Gasteiger partial charge in [0.25, 0.3) is 0 Å². The Balaban J connectivity index is 1.88. The molecule has 0 aliphatic rings.